The fraction of sp³-hybridized carbons (Fsp3) is 0.375. The molecule has 0 heterocycles. The molecule has 6 nitrogen and oxygen atoms in total. The van der Waals surface area contributed by atoms with Gasteiger partial charge in [-0.25, -0.2) is 0 Å². The molecule has 3 aromatic rings. The van der Waals surface area contributed by atoms with Crippen LogP contribution in [0.3, 0.4) is 0 Å². The van der Waals surface area contributed by atoms with Crippen molar-refractivity contribution in [1.82, 2.24) is 0 Å². The Morgan fingerprint density at radius 1 is 0.625 bits per heavy atom. The summed E-state index contributed by atoms with van der Waals surface area (Å²) in [7, 11) is 0. The molecular weight excluding hydrogens is 636 g/mol. The van der Waals surface area contributed by atoms with Crippen LogP contribution in [0.15, 0.2) is 69.6 Å². The van der Waals surface area contributed by atoms with Crippen LogP contribution in [-0.4, -0.2) is 25.0 Å². The lowest BCUT2D eigenvalue weighted by atomic mass is 10.1. The molecule has 0 atom stereocenters. The molecule has 3 aromatic carbocycles. The second-order valence-corrected chi connectivity index (χ2v) is 11.4. The van der Waals surface area contributed by atoms with Crippen molar-refractivity contribution in [2.45, 2.75) is 65.2 Å². The number of carbonyl (C=O) groups excluding carboxylic acids is 2. The lowest BCUT2D eigenvalue weighted by Gasteiger charge is -2.16. The molecule has 0 radical (unpaired) electrons. The van der Waals surface area contributed by atoms with Crippen molar-refractivity contribution in [2.24, 2.45) is 0 Å². The summed E-state index contributed by atoms with van der Waals surface area (Å²) in [4.78, 5) is 26.7. The number of hydrogen-bond acceptors (Lipinski definition) is 4. The van der Waals surface area contributed by atoms with Crippen molar-refractivity contribution < 1.29 is 19.1 Å². The van der Waals surface area contributed by atoms with Crippen molar-refractivity contribution >= 4 is 55.0 Å². The van der Waals surface area contributed by atoms with Gasteiger partial charge in [0.1, 0.15) is 11.5 Å². The smallest absolute Gasteiger partial charge is 0.259 e. The van der Waals surface area contributed by atoms with Gasteiger partial charge < -0.3 is 20.1 Å². The highest BCUT2D eigenvalue weighted by molar-refractivity contribution is 9.10. The van der Waals surface area contributed by atoms with E-state index in [4.69, 9.17) is 9.47 Å². The molecule has 0 aliphatic heterocycles. The van der Waals surface area contributed by atoms with E-state index in [9.17, 15) is 9.59 Å². The predicted molar refractivity (Wildman–Crippen MR) is 170 cm³/mol. The van der Waals surface area contributed by atoms with Crippen LogP contribution in [0.5, 0.6) is 11.5 Å². The topological polar surface area (TPSA) is 76.7 Å². The standard InChI is InChI=1S/C32H38Br2N2O4/c1-3-5-7-11-19-39-29-17-15-23(33)21-25(29)31(37)35-27-13-9-10-14-28(27)36-32(38)26-22-24(34)16-18-30(26)40-20-12-8-6-4-2/h9-10,13-18,21-22H,3-8,11-12,19-20H2,1-2H3,(H,35,37)(H,36,38). The first-order chi connectivity index (χ1) is 19.4. The largest absolute Gasteiger partial charge is 0.493 e. The quantitative estimate of drug-likeness (QED) is 0.148. The van der Waals surface area contributed by atoms with Crippen LogP contribution >= 0.6 is 31.9 Å². The molecule has 2 amide bonds. The summed E-state index contributed by atoms with van der Waals surface area (Å²) < 4.78 is 13.5. The van der Waals surface area contributed by atoms with Crippen LogP contribution in [0.2, 0.25) is 0 Å². The normalized spacial score (nSPS) is 10.7. The molecule has 0 fully saturated rings. The van der Waals surface area contributed by atoms with E-state index in [-0.39, 0.29) is 11.8 Å². The number of unbranched alkanes of at least 4 members (excludes halogenated alkanes) is 6. The highest BCUT2D eigenvalue weighted by atomic mass is 79.9. The van der Waals surface area contributed by atoms with Gasteiger partial charge in [0, 0.05) is 8.95 Å². The Balaban J connectivity index is 1.73. The number of amides is 2. The molecule has 3 rings (SSSR count). The predicted octanol–water partition coefficient (Wildman–Crippen LogP) is 9.63. The van der Waals surface area contributed by atoms with Crippen LogP contribution in [0.25, 0.3) is 0 Å². The van der Waals surface area contributed by atoms with Gasteiger partial charge in [-0.2, -0.15) is 0 Å². The average Bonchev–Trinajstić information content (AvgIpc) is 2.95. The Kier molecular flexibility index (Phi) is 13.5. The average molecular weight is 674 g/mol. The van der Waals surface area contributed by atoms with E-state index in [2.05, 4.69) is 56.3 Å². The van der Waals surface area contributed by atoms with E-state index >= 15 is 0 Å². The molecule has 0 aliphatic carbocycles. The number of para-hydroxylation sites is 2. The highest BCUT2D eigenvalue weighted by Gasteiger charge is 2.18. The summed E-state index contributed by atoms with van der Waals surface area (Å²) in [6, 6.07) is 17.9. The van der Waals surface area contributed by atoms with Gasteiger partial charge in [-0.05, 0) is 61.4 Å². The molecule has 0 unspecified atom stereocenters. The number of rotatable bonds is 16. The monoisotopic (exact) mass is 672 g/mol. The second kappa shape index (κ2) is 17.1. The van der Waals surface area contributed by atoms with Gasteiger partial charge in [0.25, 0.3) is 11.8 Å². The third-order valence-corrected chi connectivity index (χ3v) is 7.29. The Hall–Kier alpha value is -2.84. The molecule has 40 heavy (non-hydrogen) atoms. The number of anilines is 2. The van der Waals surface area contributed by atoms with Gasteiger partial charge in [0.2, 0.25) is 0 Å². The molecule has 0 spiro atoms. The number of hydrogen-bond donors (Lipinski definition) is 2. The third kappa shape index (κ3) is 9.97. The van der Waals surface area contributed by atoms with Gasteiger partial charge in [0.15, 0.2) is 0 Å². The van der Waals surface area contributed by atoms with Gasteiger partial charge in [-0.15, -0.1) is 0 Å². The molecule has 8 heteroatoms. The van der Waals surface area contributed by atoms with E-state index in [1.807, 2.05) is 12.1 Å². The van der Waals surface area contributed by atoms with E-state index in [0.717, 1.165) is 60.3 Å². The van der Waals surface area contributed by atoms with Crippen LogP contribution in [0.4, 0.5) is 11.4 Å². The van der Waals surface area contributed by atoms with Crippen molar-refractivity contribution in [2.75, 3.05) is 23.8 Å². The van der Waals surface area contributed by atoms with Crippen molar-refractivity contribution in [3.8, 4) is 11.5 Å². The summed E-state index contributed by atoms with van der Waals surface area (Å²) >= 11 is 6.92. The number of ether oxygens (including phenoxy) is 2. The summed E-state index contributed by atoms with van der Waals surface area (Å²) in [5, 5.41) is 5.89. The molecular formula is C32H38Br2N2O4. The fourth-order valence-electron chi connectivity index (χ4n) is 4.11. The zero-order valence-corrected chi connectivity index (χ0v) is 26.4. The third-order valence-electron chi connectivity index (χ3n) is 6.31. The molecule has 0 bridgehead atoms. The summed E-state index contributed by atoms with van der Waals surface area (Å²) in [5.41, 5.74) is 1.78. The Bertz CT molecular complexity index is 1170. The Morgan fingerprint density at radius 2 is 1.05 bits per heavy atom. The Labute approximate surface area is 254 Å². The Morgan fingerprint density at radius 3 is 1.45 bits per heavy atom. The lowest BCUT2D eigenvalue weighted by molar-refractivity contribution is 0.101. The molecule has 0 aromatic heterocycles. The van der Waals surface area contributed by atoms with Crippen molar-refractivity contribution in [3.05, 3.63) is 80.7 Å². The maximum atomic E-state index is 13.4. The summed E-state index contributed by atoms with van der Waals surface area (Å²) in [6.07, 6.45) is 8.65. The van der Waals surface area contributed by atoms with Crippen molar-refractivity contribution in [3.63, 3.8) is 0 Å². The van der Waals surface area contributed by atoms with Gasteiger partial charge in [-0.1, -0.05) is 96.4 Å². The maximum Gasteiger partial charge on any atom is 0.259 e. The minimum absolute atomic E-state index is 0.329. The fourth-order valence-corrected chi connectivity index (χ4v) is 4.84. The van der Waals surface area contributed by atoms with Crippen LogP contribution in [-0.2, 0) is 0 Å². The number of carbonyl (C=O) groups is 2. The summed E-state index contributed by atoms with van der Waals surface area (Å²) in [6.45, 7) is 5.42. The van der Waals surface area contributed by atoms with Crippen LogP contribution < -0.4 is 20.1 Å². The first-order valence-electron chi connectivity index (χ1n) is 14.0. The minimum Gasteiger partial charge on any atom is -0.493 e. The second-order valence-electron chi connectivity index (χ2n) is 9.55. The van der Waals surface area contributed by atoms with Crippen molar-refractivity contribution in [1.29, 1.82) is 0 Å². The van der Waals surface area contributed by atoms with E-state index in [1.54, 1.807) is 48.5 Å². The molecule has 2 N–H and O–H groups in total. The zero-order chi connectivity index (χ0) is 28.7. The maximum absolute atomic E-state index is 13.4. The van der Waals surface area contributed by atoms with Gasteiger partial charge in [0.05, 0.1) is 35.7 Å². The summed E-state index contributed by atoms with van der Waals surface area (Å²) in [5.74, 6) is 0.386. The number of halogens is 2. The van der Waals surface area contributed by atoms with E-state index < -0.39 is 0 Å². The van der Waals surface area contributed by atoms with Crippen LogP contribution in [0.1, 0.15) is 85.9 Å². The van der Waals surface area contributed by atoms with Crippen LogP contribution in [0, 0.1) is 0 Å². The molecule has 0 saturated carbocycles. The number of benzene rings is 3. The lowest BCUT2D eigenvalue weighted by Crippen LogP contribution is -2.18. The number of nitrogens with one attached hydrogen (secondary N) is 2. The van der Waals surface area contributed by atoms with E-state index in [1.165, 1.54) is 0 Å². The zero-order valence-electron chi connectivity index (χ0n) is 23.2. The van der Waals surface area contributed by atoms with Gasteiger partial charge >= 0.3 is 0 Å². The highest BCUT2D eigenvalue weighted by Crippen LogP contribution is 2.29. The molecule has 214 valence electrons. The minimum atomic E-state index is -0.329. The molecule has 0 saturated heterocycles. The first-order valence-corrected chi connectivity index (χ1v) is 15.6. The first kappa shape index (κ1) is 31.7. The molecule has 0 aliphatic rings. The SMILES string of the molecule is CCCCCCOc1ccc(Br)cc1C(=O)Nc1ccccc1NC(=O)c1cc(Br)ccc1OCCCCCC. The van der Waals surface area contributed by atoms with E-state index in [0.29, 0.717) is 47.2 Å². The van der Waals surface area contributed by atoms with Gasteiger partial charge in [-0.3, -0.25) is 9.59 Å².